The third kappa shape index (κ3) is 4.44. The predicted octanol–water partition coefficient (Wildman–Crippen LogP) is 1.33. The Balaban J connectivity index is 2.85. The Morgan fingerprint density at radius 1 is 1.38 bits per heavy atom. The summed E-state index contributed by atoms with van der Waals surface area (Å²) < 4.78 is 5.22. The largest absolute Gasteiger partial charge is 0.497 e. The molecule has 0 aliphatic heterocycles. The first kappa shape index (κ1) is 17.5. The number of amides is 1. The number of ether oxygens (including phenoxy) is 1. The monoisotopic (exact) mass is 293 g/mol. The number of hydrogen-bond acceptors (Lipinski definition) is 4. The minimum atomic E-state index is -0.901. The van der Waals surface area contributed by atoms with E-state index in [0.29, 0.717) is 12.3 Å². The Bertz CT molecular complexity index is 461. The van der Waals surface area contributed by atoms with Crippen LogP contribution in [0.4, 0.5) is 0 Å². The first-order valence-electron chi connectivity index (χ1n) is 7.39. The van der Waals surface area contributed by atoms with Crippen LogP contribution in [0.15, 0.2) is 24.3 Å². The molecular weight excluding hydrogens is 266 g/mol. The molecule has 0 heterocycles. The van der Waals surface area contributed by atoms with Gasteiger partial charge >= 0.3 is 0 Å². The topological polar surface area (TPSA) is 67.6 Å². The van der Waals surface area contributed by atoms with E-state index in [-0.39, 0.29) is 0 Å². The molecule has 0 bridgehead atoms. The van der Waals surface area contributed by atoms with Crippen molar-refractivity contribution in [2.24, 2.45) is 5.73 Å². The first-order chi connectivity index (χ1) is 9.97. The Morgan fingerprint density at radius 2 is 2.05 bits per heavy atom. The van der Waals surface area contributed by atoms with Gasteiger partial charge < -0.3 is 15.4 Å². The number of benzene rings is 1. The normalized spacial score (nSPS) is 14.0. The number of rotatable bonds is 9. The lowest BCUT2D eigenvalue weighted by Crippen LogP contribution is -2.52. The molecule has 1 rings (SSSR count). The van der Waals surface area contributed by atoms with Crippen molar-refractivity contribution in [3.63, 3.8) is 0 Å². The minimum Gasteiger partial charge on any atom is -0.497 e. The number of nitrogens with two attached hydrogens (primary N) is 1. The summed E-state index contributed by atoms with van der Waals surface area (Å²) in [6, 6.07) is 7.44. The van der Waals surface area contributed by atoms with Gasteiger partial charge in [-0.05, 0) is 37.7 Å². The van der Waals surface area contributed by atoms with Crippen molar-refractivity contribution in [2.45, 2.75) is 26.3 Å². The molecule has 1 amide bonds. The van der Waals surface area contributed by atoms with E-state index >= 15 is 0 Å². The number of carbonyl (C=O) groups excluding carboxylic acids is 1. The molecule has 0 spiro atoms. The van der Waals surface area contributed by atoms with Crippen LogP contribution in [-0.2, 0) is 10.3 Å². The Labute approximate surface area is 127 Å². The van der Waals surface area contributed by atoms with Crippen LogP contribution >= 0.6 is 0 Å². The summed E-state index contributed by atoms with van der Waals surface area (Å²) >= 11 is 0. The van der Waals surface area contributed by atoms with Gasteiger partial charge in [-0.15, -0.1) is 0 Å². The molecule has 0 radical (unpaired) electrons. The van der Waals surface area contributed by atoms with Crippen molar-refractivity contribution in [3.05, 3.63) is 29.8 Å². The quantitative estimate of drug-likeness (QED) is 0.721. The molecule has 5 nitrogen and oxygen atoms in total. The standard InChI is InChI=1S/C16H27N3O2/c1-5-19(6-2)11-10-18-16(3,15(17)20)13-8-7-9-14(12-13)21-4/h7-9,12,18H,5-6,10-11H2,1-4H3,(H2,17,20). The zero-order valence-electron chi connectivity index (χ0n) is 13.5. The molecule has 0 aromatic heterocycles. The Morgan fingerprint density at radius 3 is 2.57 bits per heavy atom. The van der Waals surface area contributed by atoms with E-state index in [9.17, 15) is 4.79 Å². The number of primary amides is 1. The maximum absolute atomic E-state index is 11.9. The first-order valence-corrected chi connectivity index (χ1v) is 7.39. The molecule has 0 aliphatic rings. The SMILES string of the molecule is CCN(CC)CCNC(C)(C(N)=O)c1cccc(OC)c1. The fourth-order valence-corrected chi connectivity index (χ4v) is 2.27. The van der Waals surface area contributed by atoms with Crippen molar-refractivity contribution < 1.29 is 9.53 Å². The second kappa shape index (κ2) is 8.00. The van der Waals surface area contributed by atoms with Crippen LogP contribution in [0.5, 0.6) is 5.75 Å². The molecule has 5 heteroatoms. The van der Waals surface area contributed by atoms with Crippen molar-refractivity contribution in [1.82, 2.24) is 10.2 Å². The molecule has 0 aliphatic carbocycles. The number of carbonyl (C=O) groups is 1. The molecule has 1 unspecified atom stereocenters. The molecule has 1 aromatic rings. The van der Waals surface area contributed by atoms with Gasteiger partial charge in [0.2, 0.25) is 5.91 Å². The summed E-state index contributed by atoms with van der Waals surface area (Å²) in [5.74, 6) is 0.320. The second-order valence-electron chi connectivity index (χ2n) is 5.17. The summed E-state index contributed by atoms with van der Waals surface area (Å²) in [4.78, 5) is 14.2. The third-order valence-corrected chi connectivity index (χ3v) is 3.94. The van der Waals surface area contributed by atoms with Gasteiger partial charge in [-0.1, -0.05) is 26.0 Å². The van der Waals surface area contributed by atoms with Crippen LogP contribution in [0.25, 0.3) is 0 Å². The molecule has 1 aromatic carbocycles. The fraction of sp³-hybridized carbons (Fsp3) is 0.562. The Kier molecular flexibility index (Phi) is 6.65. The van der Waals surface area contributed by atoms with Gasteiger partial charge in [0.25, 0.3) is 0 Å². The van der Waals surface area contributed by atoms with Crippen LogP contribution in [0.1, 0.15) is 26.3 Å². The molecule has 21 heavy (non-hydrogen) atoms. The van der Waals surface area contributed by atoms with Crippen LogP contribution < -0.4 is 15.8 Å². The third-order valence-electron chi connectivity index (χ3n) is 3.94. The van der Waals surface area contributed by atoms with E-state index in [1.54, 1.807) is 7.11 Å². The molecule has 0 fully saturated rings. The van der Waals surface area contributed by atoms with Crippen molar-refractivity contribution in [1.29, 1.82) is 0 Å². The summed E-state index contributed by atoms with van der Waals surface area (Å²) in [6.45, 7) is 9.61. The van der Waals surface area contributed by atoms with Crippen LogP contribution in [-0.4, -0.2) is 44.1 Å². The molecule has 0 saturated carbocycles. The zero-order valence-corrected chi connectivity index (χ0v) is 13.5. The summed E-state index contributed by atoms with van der Waals surface area (Å²) in [6.07, 6.45) is 0. The van der Waals surface area contributed by atoms with Gasteiger partial charge in [-0.2, -0.15) is 0 Å². The number of nitrogens with zero attached hydrogens (tertiary/aromatic N) is 1. The van der Waals surface area contributed by atoms with Gasteiger partial charge in [0.15, 0.2) is 0 Å². The lowest BCUT2D eigenvalue weighted by atomic mass is 9.91. The van der Waals surface area contributed by atoms with E-state index in [4.69, 9.17) is 10.5 Å². The smallest absolute Gasteiger partial charge is 0.242 e. The average Bonchev–Trinajstić information content (AvgIpc) is 2.51. The number of methoxy groups -OCH3 is 1. The van der Waals surface area contributed by atoms with Crippen molar-refractivity contribution in [2.75, 3.05) is 33.3 Å². The lowest BCUT2D eigenvalue weighted by Gasteiger charge is -2.30. The summed E-state index contributed by atoms with van der Waals surface area (Å²) in [7, 11) is 1.61. The zero-order chi connectivity index (χ0) is 15.9. The molecule has 1 atom stereocenters. The van der Waals surface area contributed by atoms with E-state index in [0.717, 1.165) is 25.2 Å². The molecule has 0 saturated heterocycles. The predicted molar refractivity (Wildman–Crippen MR) is 85.3 cm³/mol. The van der Waals surface area contributed by atoms with E-state index < -0.39 is 11.4 Å². The minimum absolute atomic E-state index is 0.393. The van der Waals surface area contributed by atoms with Crippen LogP contribution in [0, 0.1) is 0 Å². The molecule has 3 N–H and O–H groups in total. The van der Waals surface area contributed by atoms with Gasteiger partial charge in [0.1, 0.15) is 11.3 Å². The second-order valence-corrected chi connectivity index (χ2v) is 5.17. The van der Waals surface area contributed by atoms with Gasteiger partial charge in [-0.3, -0.25) is 10.1 Å². The highest BCUT2D eigenvalue weighted by atomic mass is 16.5. The lowest BCUT2D eigenvalue weighted by molar-refractivity contribution is -0.124. The van der Waals surface area contributed by atoms with E-state index in [1.807, 2.05) is 31.2 Å². The molecular formula is C16H27N3O2. The van der Waals surface area contributed by atoms with E-state index in [1.165, 1.54) is 0 Å². The molecule has 118 valence electrons. The summed E-state index contributed by atoms with van der Waals surface area (Å²) in [5.41, 5.74) is 5.53. The van der Waals surface area contributed by atoms with Crippen molar-refractivity contribution >= 4 is 5.91 Å². The number of hydrogen-bond donors (Lipinski definition) is 2. The fourth-order valence-electron chi connectivity index (χ4n) is 2.27. The van der Waals surface area contributed by atoms with Gasteiger partial charge in [0.05, 0.1) is 7.11 Å². The highest BCUT2D eigenvalue weighted by molar-refractivity contribution is 5.85. The average molecular weight is 293 g/mol. The van der Waals surface area contributed by atoms with E-state index in [2.05, 4.69) is 24.1 Å². The highest BCUT2D eigenvalue weighted by Crippen LogP contribution is 2.24. The summed E-state index contributed by atoms with van der Waals surface area (Å²) in [5, 5.41) is 3.29. The number of nitrogens with one attached hydrogen (secondary N) is 1. The maximum Gasteiger partial charge on any atom is 0.242 e. The number of likely N-dealkylation sites (N-methyl/N-ethyl adjacent to an activating group) is 1. The van der Waals surface area contributed by atoms with Gasteiger partial charge in [0, 0.05) is 13.1 Å². The Hall–Kier alpha value is -1.59. The van der Waals surface area contributed by atoms with Crippen LogP contribution in [0.2, 0.25) is 0 Å². The van der Waals surface area contributed by atoms with Crippen molar-refractivity contribution in [3.8, 4) is 5.75 Å². The highest BCUT2D eigenvalue weighted by Gasteiger charge is 2.32. The van der Waals surface area contributed by atoms with Crippen LogP contribution in [0.3, 0.4) is 0 Å². The maximum atomic E-state index is 11.9. The van der Waals surface area contributed by atoms with Gasteiger partial charge in [-0.25, -0.2) is 0 Å².